The van der Waals surface area contributed by atoms with Crippen LogP contribution in [0.4, 0.5) is 0 Å². The fraction of sp³-hybridized carbons (Fsp3) is 0.533. The van der Waals surface area contributed by atoms with Crippen LogP contribution in [0.5, 0.6) is 0 Å². The van der Waals surface area contributed by atoms with Gasteiger partial charge in [0, 0.05) is 10.8 Å². The normalized spacial score (nSPS) is 28.1. The summed E-state index contributed by atoms with van der Waals surface area (Å²) in [6, 6.07) is 11.7. The summed E-state index contributed by atoms with van der Waals surface area (Å²) in [4.78, 5) is 26.9. The summed E-state index contributed by atoms with van der Waals surface area (Å²) >= 11 is 0. The van der Waals surface area contributed by atoms with Gasteiger partial charge in [-0.3, -0.25) is 0 Å². The van der Waals surface area contributed by atoms with E-state index in [1.54, 1.807) is 0 Å². The van der Waals surface area contributed by atoms with Crippen molar-refractivity contribution in [3.63, 3.8) is 0 Å². The molecule has 2 aromatic rings. The Morgan fingerprint density at radius 1 is 0.765 bits per heavy atom. The van der Waals surface area contributed by atoms with E-state index in [1.807, 2.05) is 64.1 Å². The van der Waals surface area contributed by atoms with Crippen molar-refractivity contribution in [1.82, 2.24) is 0 Å². The maximum atomic E-state index is 13.5. The van der Waals surface area contributed by atoms with Crippen LogP contribution in [-0.2, 0) is 9.47 Å². The number of hydrogen-bond acceptors (Lipinski definition) is 4. The van der Waals surface area contributed by atoms with Crippen molar-refractivity contribution in [2.75, 3.05) is 0 Å². The lowest BCUT2D eigenvalue weighted by Gasteiger charge is -2.61. The average Bonchev–Trinajstić information content (AvgIpc) is 2.79. The van der Waals surface area contributed by atoms with E-state index in [-0.39, 0.29) is 22.8 Å². The zero-order valence-corrected chi connectivity index (χ0v) is 21.7. The summed E-state index contributed by atoms with van der Waals surface area (Å²) < 4.78 is 12.7. The fourth-order valence-corrected chi connectivity index (χ4v) is 6.08. The molecule has 0 saturated heterocycles. The highest BCUT2D eigenvalue weighted by atomic mass is 16.6. The third kappa shape index (κ3) is 4.16. The van der Waals surface area contributed by atoms with Crippen molar-refractivity contribution in [1.29, 1.82) is 0 Å². The molecule has 2 bridgehead atoms. The molecule has 0 spiro atoms. The van der Waals surface area contributed by atoms with E-state index in [4.69, 9.17) is 9.47 Å². The maximum Gasteiger partial charge on any atom is 0.338 e. The van der Waals surface area contributed by atoms with Crippen LogP contribution < -0.4 is 0 Å². The monoisotopic (exact) mass is 462 g/mol. The first-order valence-corrected chi connectivity index (χ1v) is 12.5. The number of ether oxygens (including phenoxy) is 2. The Hall–Kier alpha value is -2.62. The number of carbonyl (C=O) groups is 2. The van der Waals surface area contributed by atoms with Gasteiger partial charge in [-0.25, -0.2) is 9.59 Å². The average molecular weight is 463 g/mol. The first kappa shape index (κ1) is 24.5. The Balaban J connectivity index is 1.71. The number of esters is 2. The highest BCUT2D eigenvalue weighted by Gasteiger charge is 2.63. The predicted molar refractivity (Wildman–Crippen MR) is 134 cm³/mol. The lowest BCUT2D eigenvalue weighted by atomic mass is 9.48. The van der Waals surface area contributed by atoms with E-state index in [2.05, 4.69) is 20.8 Å². The largest absolute Gasteiger partial charge is 0.454 e. The predicted octanol–water partition coefficient (Wildman–Crippen LogP) is 6.91. The molecular formula is C30H38O4. The second-order valence-electron chi connectivity index (χ2n) is 11.3. The summed E-state index contributed by atoms with van der Waals surface area (Å²) in [7, 11) is 0. The molecule has 0 amide bonds. The molecule has 3 saturated carbocycles. The van der Waals surface area contributed by atoms with Crippen molar-refractivity contribution in [3.8, 4) is 0 Å². The van der Waals surface area contributed by atoms with Crippen molar-refractivity contribution in [3.05, 3.63) is 69.8 Å². The molecule has 0 radical (unpaired) electrons. The van der Waals surface area contributed by atoms with Crippen molar-refractivity contribution in [2.45, 2.75) is 86.4 Å². The Bertz CT molecular complexity index is 1100. The van der Waals surface area contributed by atoms with Gasteiger partial charge in [0.25, 0.3) is 0 Å². The molecule has 2 unspecified atom stereocenters. The Morgan fingerprint density at radius 2 is 1.21 bits per heavy atom. The smallest absolute Gasteiger partial charge is 0.338 e. The number of carbonyl (C=O) groups excluding carboxylic acids is 2. The highest BCUT2D eigenvalue weighted by molar-refractivity contribution is 5.92. The lowest BCUT2D eigenvalue weighted by Crippen LogP contribution is -2.64. The number of hydrogen-bond donors (Lipinski definition) is 0. The lowest BCUT2D eigenvalue weighted by molar-refractivity contribution is -0.210. The summed E-state index contributed by atoms with van der Waals surface area (Å²) in [5.41, 5.74) is 4.59. The second-order valence-corrected chi connectivity index (χ2v) is 11.3. The molecule has 0 N–H and O–H groups in total. The SMILES string of the molecule is Cc1ccc(C)c(C(=O)OC2C(OC(=O)c3cc(C)ccc3C)C3(C(C)C)CCC2(C)CC3)c1. The quantitative estimate of drug-likeness (QED) is 0.453. The van der Waals surface area contributed by atoms with Crippen LogP contribution in [0.3, 0.4) is 0 Å². The molecule has 0 aliphatic heterocycles. The molecule has 0 heterocycles. The molecule has 182 valence electrons. The molecule has 0 aromatic heterocycles. The van der Waals surface area contributed by atoms with Crippen LogP contribution in [0.2, 0.25) is 0 Å². The number of benzene rings is 2. The molecule has 3 fully saturated rings. The first-order chi connectivity index (χ1) is 16.0. The zero-order valence-electron chi connectivity index (χ0n) is 21.7. The number of aryl methyl sites for hydroxylation is 4. The van der Waals surface area contributed by atoms with E-state index in [9.17, 15) is 9.59 Å². The van der Waals surface area contributed by atoms with Gasteiger partial charge in [-0.05, 0) is 82.6 Å². The van der Waals surface area contributed by atoms with Crippen molar-refractivity contribution in [2.24, 2.45) is 16.7 Å². The van der Waals surface area contributed by atoms with E-state index in [0.29, 0.717) is 17.0 Å². The van der Waals surface area contributed by atoms with Gasteiger partial charge in [0.1, 0.15) is 12.2 Å². The molecule has 3 aliphatic rings. The van der Waals surface area contributed by atoms with Crippen LogP contribution in [-0.4, -0.2) is 24.1 Å². The molecule has 3 aliphatic carbocycles. The van der Waals surface area contributed by atoms with E-state index in [1.165, 1.54) is 0 Å². The Labute approximate surface area is 204 Å². The van der Waals surface area contributed by atoms with Gasteiger partial charge in [-0.1, -0.05) is 56.2 Å². The third-order valence-electron chi connectivity index (χ3n) is 8.70. The summed E-state index contributed by atoms with van der Waals surface area (Å²) in [6.07, 6.45) is 2.94. The fourth-order valence-electron chi connectivity index (χ4n) is 6.08. The molecule has 2 aromatic carbocycles. The Kier molecular flexibility index (Phi) is 6.39. The highest BCUT2D eigenvalue weighted by Crippen LogP contribution is 2.61. The van der Waals surface area contributed by atoms with Gasteiger partial charge in [-0.15, -0.1) is 0 Å². The minimum atomic E-state index is -0.473. The van der Waals surface area contributed by atoms with Gasteiger partial charge in [0.15, 0.2) is 0 Å². The standard InChI is InChI=1S/C30H38O4/c1-18(2)30-14-12-29(7,13-15-30)25(33-27(31)23-16-19(3)8-10-21(23)5)26(30)34-28(32)24-17-20(4)9-11-22(24)6/h8-11,16-18,25-26H,12-15H2,1-7H3. The topological polar surface area (TPSA) is 52.6 Å². The molecule has 2 atom stereocenters. The van der Waals surface area contributed by atoms with Crippen LogP contribution in [0.1, 0.15) is 89.4 Å². The van der Waals surface area contributed by atoms with Gasteiger partial charge in [0.2, 0.25) is 0 Å². The third-order valence-corrected chi connectivity index (χ3v) is 8.70. The van der Waals surface area contributed by atoms with E-state index < -0.39 is 12.2 Å². The zero-order chi connectivity index (χ0) is 24.8. The number of rotatable bonds is 5. The van der Waals surface area contributed by atoms with Gasteiger partial charge in [0.05, 0.1) is 11.1 Å². The molecule has 4 heteroatoms. The van der Waals surface area contributed by atoms with Gasteiger partial charge in [-0.2, -0.15) is 0 Å². The molecule has 4 nitrogen and oxygen atoms in total. The molecule has 5 rings (SSSR count). The van der Waals surface area contributed by atoms with Crippen LogP contribution >= 0.6 is 0 Å². The second kappa shape index (κ2) is 8.87. The van der Waals surface area contributed by atoms with Crippen molar-refractivity contribution >= 4 is 11.9 Å². The summed E-state index contributed by atoms with van der Waals surface area (Å²) in [6.45, 7) is 14.4. The molecular weight excluding hydrogens is 424 g/mol. The maximum absolute atomic E-state index is 13.5. The van der Waals surface area contributed by atoms with E-state index >= 15 is 0 Å². The Morgan fingerprint density at radius 3 is 1.65 bits per heavy atom. The summed E-state index contributed by atoms with van der Waals surface area (Å²) in [5, 5.41) is 0. The van der Waals surface area contributed by atoms with Gasteiger partial charge >= 0.3 is 11.9 Å². The van der Waals surface area contributed by atoms with Crippen LogP contribution in [0, 0.1) is 44.4 Å². The minimum absolute atomic E-state index is 0.197. The summed E-state index contributed by atoms with van der Waals surface area (Å²) in [5.74, 6) is -0.350. The molecule has 34 heavy (non-hydrogen) atoms. The van der Waals surface area contributed by atoms with Crippen molar-refractivity contribution < 1.29 is 19.1 Å². The van der Waals surface area contributed by atoms with Gasteiger partial charge < -0.3 is 9.47 Å². The first-order valence-electron chi connectivity index (χ1n) is 12.5. The van der Waals surface area contributed by atoms with Crippen LogP contribution in [0.15, 0.2) is 36.4 Å². The van der Waals surface area contributed by atoms with E-state index in [0.717, 1.165) is 47.9 Å². The number of fused-ring (bicyclic) bond motifs is 3. The minimum Gasteiger partial charge on any atom is -0.454 e. The van der Waals surface area contributed by atoms with Crippen LogP contribution in [0.25, 0.3) is 0 Å².